The standard InChI is InChI=1S/C22H22F3N5O2/c1-10(2)30-20-12(9-27-22(26)29-20)7-14(21(30)32)13-8-15(23)19(18(25)17(13)24)28-16(31)6-11-4-3-5-11/h7-11H,3-6H2,1-2H3,(H,28,31)(H2,26,27,29). The fourth-order valence-corrected chi connectivity index (χ4v) is 3.86. The number of nitrogens with zero attached hydrogens (tertiary/aromatic N) is 3. The van der Waals surface area contributed by atoms with Crippen LogP contribution in [0.1, 0.15) is 45.6 Å². The SMILES string of the molecule is CC(C)n1c(=O)c(-c2cc(F)c(NC(=O)CC3CCC3)c(F)c2F)cc2cnc(N)nc21. The number of benzene rings is 1. The molecule has 0 radical (unpaired) electrons. The first-order chi connectivity index (χ1) is 15.2. The van der Waals surface area contributed by atoms with Gasteiger partial charge >= 0.3 is 0 Å². The number of amides is 1. The minimum absolute atomic E-state index is 0.0516. The third-order valence-electron chi connectivity index (χ3n) is 5.72. The van der Waals surface area contributed by atoms with Crippen LogP contribution in [0, 0.1) is 23.4 Å². The maximum atomic E-state index is 15.0. The molecule has 1 aliphatic rings. The van der Waals surface area contributed by atoms with Crippen molar-refractivity contribution in [2.45, 2.75) is 45.6 Å². The summed E-state index contributed by atoms with van der Waals surface area (Å²) in [7, 11) is 0. The molecular weight excluding hydrogens is 423 g/mol. The van der Waals surface area contributed by atoms with E-state index in [0.29, 0.717) is 11.5 Å². The molecule has 3 N–H and O–H groups in total. The molecule has 1 amide bonds. The number of fused-ring (bicyclic) bond motifs is 1. The van der Waals surface area contributed by atoms with Crippen molar-refractivity contribution in [1.29, 1.82) is 0 Å². The van der Waals surface area contributed by atoms with Crippen LogP contribution in [0.5, 0.6) is 0 Å². The molecule has 1 saturated carbocycles. The van der Waals surface area contributed by atoms with Gasteiger partial charge in [-0.3, -0.25) is 14.2 Å². The van der Waals surface area contributed by atoms with Crippen molar-refractivity contribution in [3.63, 3.8) is 0 Å². The summed E-state index contributed by atoms with van der Waals surface area (Å²) in [5.74, 6) is -4.63. The minimum Gasteiger partial charge on any atom is -0.368 e. The predicted molar refractivity (Wildman–Crippen MR) is 114 cm³/mol. The van der Waals surface area contributed by atoms with Crippen molar-refractivity contribution < 1.29 is 18.0 Å². The first-order valence-corrected chi connectivity index (χ1v) is 10.3. The van der Waals surface area contributed by atoms with E-state index in [2.05, 4.69) is 15.3 Å². The molecule has 0 saturated heterocycles. The van der Waals surface area contributed by atoms with Crippen LogP contribution >= 0.6 is 0 Å². The molecule has 32 heavy (non-hydrogen) atoms. The highest BCUT2D eigenvalue weighted by atomic mass is 19.2. The lowest BCUT2D eigenvalue weighted by Gasteiger charge is -2.24. The normalized spacial score (nSPS) is 14.1. The van der Waals surface area contributed by atoms with E-state index in [1.807, 2.05) is 0 Å². The second kappa shape index (κ2) is 8.25. The van der Waals surface area contributed by atoms with Gasteiger partial charge in [0.15, 0.2) is 17.5 Å². The molecule has 1 aromatic carbocycles. The number of hydrogen-bond donors (Lipinski definition) is 2. The van der Waals surface area contributed by atoms with Crippen molar-refractivity contribution >= 4 is 28.6 Å². The number of nitrogen functional groups attached to an aromatic ring is 1. The third-order valence-corrected chi connectivity index (χ3v) is 5.72. The zero-order valence-corrected chi connectivity index (χ0v) is 17.6. The number of halogens is 3. The molecule has 10 heteroatoms. The van der Waals surface area contributed by atoms with Gasteiger partial charge in [0.1, 0.15) is 11.3 Å². The highest BCUT2D eigenvalue weighted by molar-refractivity contribution is 5.92. The van der Waals surface area contributed by atoms with Crippen LogP contribution in [-0.2, 0) is 4.79 Å². The van der Waals surface area contributed by atoms with Crippen LogP contribution in [0.15, 0.2) is 23.1 Å². The van der Waals surface area contributed by atoms with Crippen molar-refractivity contribution in [3.8, 4) is 11.1 Å². The third kappa shape index (κ3) is 3.80. The van der Waals surface area contributed by atoms with Gasteiger partial charge in [-0.2, -0.15) is 4.98 Å². The van der Waals surface area contributed by atoms with Crippen molar-refractivity contribution in [3.05, 3.63) is 46.1 Å². The average molecular weight is 445 g/mol. The van der Waals surface area contributed by atoms with Gasteiger partial charge in [0.05, 0.1) is 5.56 Å². The Morgan fingerprint density at radius 1 is 1.22 bits per heavy atom. The number of pyridine rings is 1. The summed E-state index contributed by atoms with van der Waals surface area (Å²) in [5.41, 5.74) is 3.47. The topological polar surface area (TPSA) is 103 Å². The first kappa shape index (κ1) is 21.8. The second-order valence-electron chi connectivity index (χ2n) is 8.29. The molecule has 2 heterocycles. The summed E-state index contributed by atoms with van der Waals surface area (Å²) in [4.78, 5) is 33.2. The van der Waals surface area contributed by atoms with E-state index in [9.17, 15) is 18.4 Å². The van der Waals surface area contributed by atoms with Crippen LogP contribution < -0.4 is 16.6 Å². The molecule has 4 rings (SSSR count). The predicted octanol–water partition coefficient (Wildman–Crippen LogP) is 4.17. The quantitative estimate of drug-likeness (QED) is 0.574. The molecule has 7 nitrogen and oxygen atoms in total. The van der Waals surface area contributed by atoms with Gasteiger partial charge in [-0.1, -0.05) is 6.42 Å². The number of nitrogens with one attached hydrogen (secondary N) is 1. The lowest BCUT2D eigenvalue weighted by Crippen LogP contribution is -2.25. The van der Waals surface area contributed by atoms with Crippen LogP contribution in [0.25, 0.3) is 22.2 Å². The van der Waals surface area contributed by atoms with Crippen molar-refractivity contribution in [2.75, 3.05) is 11.1 Å². The molecule has 1 aliphatic carbocycles. The number of aromatic nitrogens is 3. The molecule has 168 valence electrons. The zero-order valence-electron chi connectivity index (χ0n) is 17.6. The van der Waals surface area contributed by atoms with E-state index in [0.717, 1.165) is 19.3 Å². The van der Waals surface area contributed by atoms with Gasteiger partial charge in [0.2, 0.25) is 11.9 Å². The Morgan fingerprint density at radius 3 is 2.56 bits per heavy atom. The number of nitrogens with two attached hydrogens (primary N) is 1. The molecule has 0 unspecified atom stereocenters. The summed E-state index contributed by atoms with van der Waals surface area (Å²) in [5, 5.41) is 2.48. The van der Waals surface area contributed by atoms with Gasteiger partial charge < -0.3 is 11.1 Å². The Labute approximate surface area is 181 Å². The van der Waals surface area contributed by atoms with Crippen molar-refractivity contribution in [2.24, 2.45) is 5.92 Å². The smallest absolute Gasteiger partial charge is 0.260 e. The Balaban J connectivity index is 1.82. The fraction of sp³-hybridized carbons (Fsp3) is 0.364. The summed E-state index contributed by atoms with van der Waals surface area (Å²) in [6, 6.07) is 1.58. The summed E-state index contributed by atoms with van der Waals surface area (Å²) >= 11 is 0. The first-order valence-electron chi connectivity index (χ1n) is 10.3. The molecule has 0 bridgehead atoms. The Kier molecular flexibility index (Phi) is 5.62. The number of rotatable bonds is 5. The van der Waals surface area contributed by atoms with E-state index >= 15 is 4.39 Å². The Bertz CT molecular complexity index is 1290. The van der Waals surface area contributed by atoms with Gasteiger partial charge in [0.25, 0.3) is 5.56 Å². The summed E-state index contributed by atoms with van der Waals surface area (Å²) < 4.78 is 45.8. The lowest BCUT2D eigenvalue weighted by atomic mass is 9.83. The Morgan fingerprint density at radius 2 is 1.94 bits per heavy atom. The maximum Gasteiger partial charge on any atom is 0.260 e. The van der Waals surface area contributed by atoms with Crippen molar-refractivity contribution in [1.82, 2.24) is 14.5 Å². The fourth-order valence-electron chi connectivity index (χ4n) is 3.86. The summed E-state index contributed by atoms with van der Waals surface area (Å²) in [6.45, 7) is 3.42. The van der Waals surface area contributed by atoms with Crippen LogP contribution in [-0.4, -0.2) is 20.4 Å². The van der Waals surface area contributed by atoms with Crippen LogP contribution in [0.4, 0.5) is 24.8 Å². The molecular formula is C22H22F3N5O2. The van der Waals surface area contributed by atoms with E-state index in [1.165, 1.54) is 16.8 Å². The minimum atomic E-state index is -1.56. The monoisotopic (exact) mass is 445 g/mol. The van der Waals surface area contributed by atoms with Gasteiger partial charge in [-0.15, -0.1) is 0 Å². The molecule has 0 aliphatic heterocycles. The molecule has 0 spiro atoms. The van der Waals surface area contributed by atoms with Gasteiger partial charge in [-0.25, -0.2) is 18.2 Å². The Hall–Kier alpha value is -3.43. The largest absolute Gasteiger partial charge is 0.368 e. The molecule has 3 aromatic rings. The van der Waals surface area contributed by atoms with E-state index < -0.39 is 46.2 Å². The van der Waals surface area contributed by atoms with Crippen LogP contribution in [0.3, 0.4) is 0 Å². The maximum absolute atomic E-state index is 15.0. The summed E-state index contributed by atoms with van der Waals surface area (Å²) in [6.07, 6.45) is 4.24. The second-order valence-corrected chi connectivity index (χ2v) is 8.29. The van der Waals surface area contributed by atoms with E-state index in [-0.39, 0.29) is 29.5 Å². The van der Waals surface area contributed by atoms with Gasteiger partial charge in [-0.05, 0) is 44.7 Å². The lowest BCUT2D eigenvalue weighted by molar-refractivity contribution is -0.117. The average Bonchev–Trinajstić information content (AvgIpc) is 2.70. The number of carbonyl (C=O) groups excluding carboxylic acids is 1. The number of carbonyl (C=O) groups is 1. The van der Waals surface area contributed by atoms with E-state index in [1.54, 1.807) is 13.8 Å². The number of anilines is 2. The number of hydrogen-bond acceptors (Lipinski definition) is 5. The van der Waals surface area contributed by atoms with E-state index in [4.69, 9.17) is 5.73 Å². The molecule has 0 atom stereocenters. The van der Waals surface area contributed by atoms with Crippen LogP contribution in [0.2, 0.25) is 0 Å². The molecule has 1 fully saturated rings. The zero-order chi connectivity index (χ0) is 23.2. The highest BCUT2D eigenvalue weighted by Crippen LogP contribution is 2.33. The molecule has 2 aromatic heterocycles. The van der Waals surface area contributed by atoms with Gasteiger partial charge in [0, 0.05) is 29.6 Å². The highest BCUT2D eigenvalue weighted by Gasteiger charge is 2.26.